The number of alkyl halides is 1. The van der Waals surface area contributed by atoms with E-state index in [1.165, 1.54) is 0 Å². The number of halogens is 1. The summed E-state index contributed by atoms with van der Waals surface area (Å²) in [6, 6.07) is 0. The maximum absolute atomic E-state index is 5.74. The average molecular weight is 151 g/mol. The third-order valence-corrected chi connectivity index (χ3v) is 1.58. The largest absolute Gasteiger partial charge is 0.365 e. The summed E-state index contributed by atoms with van der Waals surface area (Å²) in [4.78, 5) is 0. The fraction of sp³-hybridized carbons (Fsp3) is 1.00. The molecule has 1 saturated heterocycles. The number of rotatable bonds is 1. The second kappa shape index (κ2) is 3.37. The van der Waals surface area contributed by atoms with Crippen molar-refractivity contribution in [1.82, 2.24) is 10.6 Å². The van der Waals surface area contributed by atoms with E-state index in [9.17, 15) is 0 Å². The Balaban J connectivity index is 2.23. The Labute approximate surface area is 59.7 Å². The van der Waals surface area contributed by atoms with Gasteiger partial charge in [0.1, 0.15) is 6.23 Å². The third kappa shape index (κ3) is 2.10. The van der Waals surface area contributed by atoms with Gasteiger partial charge in [-0.05, 0) is 0 Å². The minimum Gasteiger partial charge on any atom is -0.365 e. The number of hydrogen-bond acceptors (Lipinski definition) is 3. The molecule has 0 saturated carbocycles. The first kappa shape index (κ1) is 7.28. The van der Waals surface area contributed by atoms with Gasteiger partial charge >= 0.3 is 0 Å². The van der Waals surface area contributed by atoms with Crippen LogP contribution in [0, 0.1) is 0 Å². The Hall–Kier alpha value is 0.170. The lowest BCUT2D eigenvalue weighted by atomic mass is 10.4. The van der Waals surface area contributed by atoms with E-state index < -0.39 is 0 Å². The SMILES string of the molecule is COC1CNCC(Cl)N1. The van der Waals surface area contributed by atoms with Gasteiger partial charge in [0.15, 0.2) is 0 Å². The molecule has 0 spiro atoms. The van der Waals surface area contributed by atoms with Crippen LogP contribution in [-0.2, 0) is 4.74 Å². The first-order valence-electron chi connectivity index (χ1n) is 2.96. The Morgan fingerprint density at radius 2 is 2.33 bits per heavy atom. The highest BCUT2D eigenvalue weighted by molar-refractivity contribution is 6.20. The molecule has 1 aliphatic rings. The minimum absolute atomic E-state index is 0.00343. The first-order valence-corrected chi connectivity index (χ1v) is 3.40. The quantitative estimate of drug-likeness (QED) is 0.399. The first-order chi connectivity index (χ1) is 4.33. The van der Waals surface area contributed by atoms with Crippen LogP contribution >= 0.6 is 11.6 Å². The predicted molar refractivity (Wildman–Crippen MR) is 36.4 cm³/mol. The van der Waals surface area contributed by atoms with E-state index in [0.29, 0.717) is 0 Å². The average Bonchev–Trinajstić information content (AvgIpc) is 1.88. The number of nitrogens with one attached hydrogen (secondary N) is 2. The summed E-state index contributed by atoms with van der Waals surface area (Å²) in [5.74, 6) is 0. The van der Waals surface area contributed by atoms with Crippen molar-refractivity contribution >= 4 is 11.6 Å². The van der Waals surface area contributed by atoms with Crippen LogP contribution in [0.25, 0.3) is 0 Å². The molecule has 0 radical (unpaired) electrons. The molecular weight excluding hydrogens is 140 g/mol. The van der Waals surface area contributed by atoms with Crippen molar-refractivity contribution in [2.75, 3.05) is 20.2 Å². The van der Waals surface area contributed by atoms with Crippen molar-refractivity contribution in [3.8, 4) is 0 Å². The molecule has 1 heterocycles. The van der Waals surface area contributed by atoms with Crippen LogP contribution in [-0.4, -0.2) is 31.9 Å². The van der Waals surface area contributed by atoms with Crippen molar-refractivity contribution in [2.45, 2.75) is 11.7 Å². The van der Waals surface area contributed by atoms with Crippen LogP contribution in [0.1, 0.15) is 0 Å². The molecule has 2 N–H and O–H groups in total. The van der Waals surface area contributed by atoms with Gasteiger partial charge in [0.05, 0.1) is 5.50 Å². The molecule has 0 aromatic carbocycles. The summed E-state index contributed by atoms with van der Waals surface area (Å²) in [5, 5.41) is 6.16. The van der Waals surface area contributed by atoms with Gasteiger partial charge in [-0.3, -0.25) is 5.32 Å². The van der Waals surface area contributed by atoms with Gasteiger partial charge in [0, 0.05) is 20.2 Å². The van der Waals surface area contributed by atoms with E-state index in [4.69, 9.17) is 16.3 Å². The molecule has 0 amide bonds. The normalized spacial score (nSPS) is 36.7. The zero-order chi connectivity index (χ0) is 6.69. The molecule has 0 bridgehead atoms. The fourth-order valence-corrected chi connectivity index (χ4v) is 1.06. The lowest BCUT2D eigenvalue weighted by molar-refractivity contribution is 0.0575. The van der Waals surface area contributed by atoms with Gasteiger partial charge in [0.2, 0.25) is 0 Å². The number of methoxy groups -OCH3 is 1. The predicted octanol–water partition coefficient (Wildman–Crippen LogP) is -0.283. The maximum Gasteiger partial charge on any atom is 0.121 e. The van der Waals surface area contributed by atoms with Crippen LogP contribution in [0.5, 0.6) is 0 Å². The minimum atomic E-state index is 0.00343. The Morgan fingerprint density at radius 1 is 1.56 bits per heavy atom. The summed E-state index contributed by atoms with van der Waals surface area (Å²) < 4.78 is 5.00. The van der Waals surface area contributed by atoms with Gasteiger partial charge in [-0.15, -0.1) is 11.6 Å². The summed E-state index contributed by atoms with van der Waals surface area (Å²) in [6.45, 7) is 1.64. The molecule has 0 aromatic rings. The van der Waals surface area contributed by atoms with Crippen LogP contribution in [0.2, 0.25) is 0 Å². The highest BCUT2D eigenvalue weighted by Crippen LogP contribution is 1.97. The topological polar surface area (TPSA) is 33.3 Å². The van der Waals surface area contributed by atoms with Crippen LogP contribution in [0.15, 0.2) is 0 Å². The second-order valence-electron chi connectivity index (χ2n) is 2.02. The van der Waals surface area contributed by atoms with E-state index in [1.807, 2.05) is 0 Å². The number of piperazine rings is 1. The molecule has 3 nitrogen and oxygen atoms in total. The van der Waals surface area contributed by atoms with Crippen molar-refractivity contribution < 1.29 is 4.74 Å². The Kier molecular flexibility index (Phi) is 2.72. The highest BCUT2D eigenvalue weighted by Gasteiger charge is 2.16. The molecule has 1 fully saturated rings. The molecule has 9 heavy (non-hydrogen) atoms. The Morgan fingerprint density at radius 3 is 2.78 bits per heavy atom. The van der Waals surface area contributed by atoms with E-state index in [2.05, 4.69) is 10.6 Å². The fourth-order valence-electron chi connectivity index (χ4n) is 0.812. The second-order valence-corrected chi connectivity index (χ2v) is 2.54. The third-order valence-electron chi connectivity index (χ3n) is 1.30. The van der Waals surface area contributed by atoms with E-state index >= 15 is 0 Å². The van der Waals surface area contributed by atoms with Gasteiger partial charge in [-0.25, -0.2) is 0 Å². The van der Waals surface area contributed by atoms with Crippen LogP contribution in [0.3, 0.4) is 0 Å². The monoisotopic (exact) mass is 150 g/mol. The standard InChI is InChI=1S/C5H11ClN2O/c1-9-5-3-7-2-4(6)8-5/h4-5,7-8H,2-3H2,1H3. The zero-order valence-corrected chi connectivity index (χ0v) is 6.11. The summed E-state index contributed by atoms with van der Waals surface area (Å²) in [5.41, 5.74) is 0.00343. The zero-order valence-electron chi connectivity index (χ0n) is 5.36. The van der Waals surface area contributed by atoms with E-state index in [1.54, 1.807) is 7.11 Å². The lowest BCUT2D eigenvalue weighted by Gasteiger charge is -2.26. The molecule has 54 valence electrons. The highest BCUT2D eigenvalue weighted by atomic mass is 35.5. The number of hydrogen-bond donors (Lipinski definition) is 2. The van der Waals surface area contributed by atoms with Crippen molar-refractivity contribution in [2.24, 2.45) is 0 Å². The van der Waals surface area contributed by atoms with Gasteiger partial charge < -0.3 is 10.1 Å². The van der Waals surface area contributed by atoms with Gasteiger partial charge in [-0.1, -0.05) is 0 Å². The smallest absolute Gasteiger partial charge is 0.121 e. The number of ether oxygens (including phenoxy) is 1. The van der Waals surface area contributed by atoms with Crippen LogP contribution in [0.4, 0.5) is 0 Å². The van der Waals surface area contributed by atoms with Crippen LogP contribution < -0.4 is 10.6 Å². The molecule has 1 aliphatic heterocycles. The van der Waals surface area contributed by atoms with Crippen molar-refractivity contribution in [3.63, 3.8) is 0 Å². The molecule has 0 aromatic heterocycles. The Bertz CT molecular complexity index is 91.0. The molecule has 4 heteroatoms. The molecule has 2 unspecified atom stereocenters. The molecule has 2 atom stereocenters. The van der Waals surface area contributed by atoms with E-state index in [-0.39, 0.29) is 11.7 Å². The van der Waals surface area contributed by atoms with Crippen molar-refractivity contribution in [3.05, 3.63) is 0 Å². The molecule has 0 aliphatic carbocycles. The summed E-state index contributed by atoms with van der Waals surface area (Å²) >= 11 is 5.74. The van der Waals surface area contributed by atoms with Gasteiger partial charge in [-0.2, -0.15) is 0 Å². The maximum atomic E-state index is 5.74. The lowest BCUT2D eigenvalue weighted by Crippen LogP contribution is -2.53. The molecule has 1 rings (SSSR count). The summed E-state index contributed by atoms with van der Waals surface area (Å²) in [6.07, 6.45) is 0.0706. The van der Waals surface area contributed by atoms with E-state index in [0.717, 1.165) is 13.1 Å². The van der Waals surface area contributed by atoms with Gasteiger partial charge in [0.25, 0.3) is 0 Å². The van der Waals surface area contributed by atoms with Crippen molar-refractivity contribution in [1.29, 1.82) is 0 Å². The summed E-state index contributed by atoms with van der Waals surface area (Å²) in [7, 11) is 1.66. The molecular formula is C5H11ClN2O.